The predicted molar refractivity (Wildman–Crippen MR) is 105 cm³/mol. The number of ketones is 1. The van der Waals surface area contributed by atoms with Crippen LogP contribution in [-0.4, -0.2) is 105 Å². The zero-order valence-electron chi connectivity index (χ0n) is 17.2. The molecule has 0 N–H and O–H groups in total. The highest BCUT2D eigenvalue weighted by Crippen LogP contribution is 2.24. The molecular formula is C20H38N4O2. The second kappa shape index (κ2) is 10.4. The van der Waals surface area contributed by atoms with Crippen molar-refractivity contribution in [2.45, 2.75) is 32.6 Å². The molecule has 150 valence electrons. The van der Waals surface area contributed by atoms with Crippen LogP contribution in [0.3, 0.4) is 0 Å². The number of likely N-dealkylation sites (tertiary alicyclic amines) is 2. The molecule has 6 heteroatoms. The Morgan fingerprint density at radius 2 is 1.42 bits per heavy atom. The Balaban J connectivity index is 1.65. The van der Waals surface area contributed by atoms with Crippen molar-refractivity contribution in [3.05, 3.63) is 0 Å². The number of piperidine rings is 2. The standard InChI is InChI=1S/C20H38N4O2/c1-17(25)18-7-11-24(12-8-18)20(26)19-5-9-23(10-6-19)16-15-22(4)14-13-21(2)3/h18-19H,5-16H2,1-4H3. The monoisotopic (exact) mass is 366 g/mol. The molecule has 0 unspecified atom stereocenters. The van der Waals surface area contributed by atoms with E-state index in [0.29, 0.717) is 5.91 Å². The number of amides is 1. The summed E-state index contributed by atoms with van der Waals surface area (Å²) in [5, 5.41) is 0. The Bertz CT molecular complexity index is 453. The molecule has 0 radical (unpaired) electrons. The smallest absolute Gasteiger partial charge is 0.225 e. The summed E-state index contributed by atoms with van der Waals surface area (Å²) in [5.74, 6) is 0.965. The Morgan fingerprint density at radius 1 is 0.846 bits per heavy atom. The molecule has 0 aromatic heterocycles. The van der Waals surface area contributed by atoms with Crippen molar-refractivity contribution < 1.29 is 9.59 Å². The van der Waals surface area contributed by atoms with Gasteiger partial charge in [0.25, 0.3) is 0 Å². The van der Waals surface area contributed by atoms with Gasteiger partial charge in [0.1, 0.15) is 5.78 Å². The number of Topliss-reactive ketones (excluding diaryl/α,β-unsaturated/α-hetero) is 1. The maximum absolute atomic E-state index is 12.8. The molecule has 0 aliphatic carbocycles. The summed E-state index contributed by atoms with van der Waals surface area (Å²) in [5.41, 5.74) is 0. The van der Waals surface area contributed by atoms with E-state index in [4.69, 9.17) is 0 Å². The Kier molecular flexibility index (Phi) is 8.51. The minimum atomic E-state index is 0.172. The van der Waals surface area contributed by atoms with Crippen molar-refractivity contribution >= 4 is 11.7 Å². The van der Waals surface area contributed by atoms with Gasteiger partial charge in [0.15, 0.2) is 0 Å². The summed E-state index contributed by atoms with van der Waals surface area (Å²) < 4.78 is 0. The third-order valence-electron chi connectivity index (χ3n) is 6.05. The van der Waals surface area contributed by atoms with Gasteiger partial charge in [0, 0.05) is 51.1 Å². The van der Waals surface area contributed by atoms with Gasteiger partial charge in [-0.3, -0.25) is 9.59 Å². The number of hydrogen-bond acceptors (Lipinski definition) is 5. The number of nitrogens with zero attached hydrogens (tertiary/aromatic N) is 4. The van der Waals surface area contributed by atoms with Gasteiger partial charge in [-0.15, -0.1) is 0 Å². The van der Waals surface area contributed by atoms with Crippen LogP contribution in [0.25, 0.3) is 0 Å². The van der Waals surface area contributed by atoms with Crippen LogP contribution in [0.15, 0.2) is 0 Å². The molecule has 0 atom stereocenters. The van der Waals surface area contributed by atoms with Crippen LogP contribution in [0.1, 0.15) is 32.6 Å². The molecule has 2 aliphatic heterocycles. The van der Waals surface area contributed by atoms with Crippen LogP contribution in [0.2, 0.25) is 0 Å². The molecule has 2 rings (SSSR count). The first-order chi connectivity index (χ1) is 12.4. The Morgan fingerprint density at radius 3 is 1.96 bits per heavy atom. The summed E-state index contributed by atoms with van der Waals surface area (Å²) in [6.07, 6.45) is 3.65. The molecule has 26 heavy (non-hydrogen) atoms. The highest BCUT2D eigenvalue weighted by Gasteiger charge is 2.31. The number of carbonyl (C=O) groups excluding carboxylic acids is 2. The minimum Gasteiger partial charge on any atom is -0.342 e. The van der Waals surface area contributed by atoms with Gasteiger partial charge >= 0.3 is 0 Å². The van der Waals surface area contributed by atoms with Crippen LogP contribution in [-0.2, 0) is 9.59 Å². The second-order valence-electron chi connectivity index (χ2n) is 8.43. The maximum atomic E-state index is 12.8. The first-order valence-corrected chi connectivity index (χ1v) is 10.2. The molecule has 2 heterocycles. The molecule has 1 amide bonds. The van der Waals surface area contributed by atoms with Crippen LogP contribution in [0.5, 0.6) is 0 Å². The van der Waals surface area contributed by atoms with Gasteiger partial charge in [-0.25, -0.2) is 0 Å². The summed E-state index contributed by atoms with van der Waals surface area (Å²) in [6, 6.07) is 0. The van der Waals surface area contributed by atoms with Gasteiger partial charge in [0.2, 0.25) is 5.91 Å². The minimum absolute atomic E-state index is 0.172. The van der Waals surface area contributed by atoms with Crippen molar-refractivity contribution in [3.63, 3.8) is 0 Å². The maximum Gasteiger partial charge on any atom is 0.225 e. The van der Waals surface area contributed by atoms with Crippen LogP contribution in [0, 0.1) is 11.8 Å². The lowest BCUT2D eigenvalue weighted by Crippen LogP contribution is -2.47. The average Bonchev–Trinajstić information content (AvgIpc) is 2.64. The van der Waals surface area contributed by atoms with Crippen molar-refractivity contribution in [1.29, 1.82) is 0 Å². The van der Waals surface area contributed by atoms with Crippen molar-refractivity contribution in [1.82, 2.24) is 19.6 Å². The molecule has 0 aromatic rings. The predicted octanol–water partition coefficient (Wildman–Crippen LogP) is 1.02. The molecule has 2 fully saturated rings. The molecule has 0 saturated carbocycles. The highest BCUT2D eigenvalue weighted by molar-refractivity contribution is 5.81. The fraction of sp³-hybridized carbons (Fsp3) is 0.900. The molecular weight excluding hydrogens is 328 g/mol. The largest absolute Gasteiger partial charge is 0.342 e. The first-order valence-electron chi connectivity index (χ1n) is 10.2. The summed E-state index contributed by atoms with van der Waals surface area (Å²) in [7, 11) is 6.40. The van der Waals surface area contributed by atoms with E-state index in [1.807, 2.05) is 4.90 Å². The Labute approximate surface area is 159 Å². The summed E-state index contributed by atoms with van der Waals surface area (Å²) in [6.45, 7) is 9.63. The van der Waals surface area contributed by atoms with E-state index in [9.17, 15) is 9.59 Å². The van der Waals surface area contributed by atoms with Crippen molar-refractivity contribution in [3.8, 4) is 0 Å². The van der Waals surface area contributed by atoms with Gasteiger partial charge < -0.3 is 19.6 Å². The molecule has 0 bridgehead atoms. The van der Waals surface area contributed by atoms with Gasteiger partial charge in [-0.05, 0) is 66.8 Å². The Hall–Kier alpha value is -0.980. The lowest BCUT2D eigenvalue weighted by atomic mass is 9.90. The number of carbonyl (C=O) groups is 2. The highest BCUT2D eigenvalue weighted by atomic mass is 16.2. The number of rotatable bonds is 8. The normalized spacial score (nSPS) is 20.9. The average molecular weight is 367 g/mol. The van der Waals surface area contributed by atoms with E-state index in [2.05, 4.69) is 35.8 Å². The summed E-state index contributed by atoms with van der Waals surface area (Å²) >= 11 is 0. The van der Waals surface area contributed by atoms with E-state index in [1.54, 1.807) is 6.92 Å². The van der Waals surface area contributed by atoms with E-state index in [-0.39, 0.29) is 17.6 Å². The lowest BCUT2D eigenvalue weighted by Gasteiger charge is -2.37. The van der Waals surface area contributed by atoms with Gasteiger partial charge in [0.05, 0.1) is 0 Å². The lowest BCUT2D eigenvalue weighted by molar-refractivity contribution is -0.139. The molecule has 6 nitrogen and oxygen atoms in total. The van der Waals surface area contributed by atoms with Gasteiger partial charge in [-0.1, -0.05) is 0 Å². The number of likely N-dealkylation sites (N-methyl/N-ethyl adjacent to an activating group) is 2. The zero-order valence-corrected chi connectivity index (χ0v) is 17.2. The summed E-state index contributed by atoms with van der Waals surface area (Å²) in [4.78, 5) is 33.4. The number of hydrogen-bond donors (Lipinski definition) is 0. The van der Waals surface area contributed by atoms with Crippen LogP contribution >= 0.6 is 0 Å². The first kappa shape index (κ1) is 21.3. The molecule has 2 saturated heterocycles. The molecule has 0 aromatic carbocycles. The van der Waals surface area contributed by atoms with E-state index >= 15 is 0 Å². The third-order valence-corrected chi connectivity index (χ3v) is 6.05. The topological polar surface area (TPSA) is 47.1 Å². The van der Waals surface area contributed by atoms with Crippen molar-refractivity contribution in [2.75, 3.05) is 73.5 Å². The molecule has 0 spiro atoms. The van der Waals surface area contributed by atoms with Gasteiger partial charge in [-0.2, -0.15) is 0 Å². The second-order valence-corrected chi connectivity index (χ2v) is 8.43. The fourth-order valence-electron chi connectivity index (χ4n) is 3.96. The molecule has 2 aliphatic rings. The zero-order chi connectivity index (χ0) is 19.1. The quantitative estimate of drug-likeness (QED) is 0.642. The van der Waals surface area contributed by atoms with Crippen LogP contribution < -0.4 is 0 Å². The van der Waals surface area contributed by atoms with E-state index in [1.165, 1.54) is 0 Å². The fourth-order valence-corrected chi connectivity index (χ4v) is 3.96. The van der Waals surface area contributed by atoms with E-state index < -0.39 is 0 Å². The van der Waals surface area contributed by atoms with Crippen molar-refractivity contribution in [2.24, 2.45) is 11.8 Å². The van der Waals surface area contributed by atoms with E-state index in [0.717, 1.165) is 78.0 Å². The SMILES string of the molecule is CC(=O)C1CCN(C(=O)C2CCN(CCN(C)CCN(C)C)CC2)CC1. The third kappa shape index (κ3) is 6.63. The van der Waals surface area contributed by atoms with Crippen LogP contribution in [0.4, 0.5) is 0 Å².